The SMILES string of the molecule is CCc1nc2ccccc2n1-c1nc(N2CCOCC2)c2nc(CN3CCN(CC(N)=O)CC3C)n(C)c2n1. The van der Waals surface area contributed by atoms with Crippen LogP contribution in [0.4, 0.5) is 5.82 Å². The lowest BCUT2D eigenvalue weighted by atomic mass is 10.2. The van der Waals surface area contributed by atoms with Gasteiger partial charge in [-0.2, -0.15) is 9.97 Å². The number of piperazine rings is 1. The second kappa shape index (κ2) is 10.5. The monoisotopic (exact) mass is 532 g/mol. The van der Waals surface area contributed by atoms with Crippen molar-refractivity contribution in [2.45, 2.75) is 32.9 Å². The van der Waals surface area contributed by atoms with Gasteiger partial charge in [0.05, 0.1) is 37.3 Å². The maximum Gasteiger partial charge on any atom is 0.239 e. The number of morpholine rings is 1. The molecule has 0 spiro atoms. The van der Waals surface area contributed by atoms with E-state index in [0.717, 1.165) is 78.8 Å². The molecule has 206 valence electrons. The molecule has 2 aliphatic heterocycles. The van der Waals surface area contributed by atoms with Crippen molar-refractivity contribution in [3.8, 4) is 5.95 Å². The number of benzene rings is 1. The van der Waals surface area contributed by atoms with Crippen molar-refractivity contribution in [3.05, 3.63) is 35.9 Å². The zero-order valence-corrected chi connectivity index (χ0v) is 22.9. The Morgan fingerprint density at radius 2 is 1.85 bits per heavy atom. The minimum Gasteiger partial charge on any atom is -0.378 e. The number of ether oxygens (including phenoxy) is 1. The fourth-order valence-electron chi connectivity index (χ4n) is 5.70. The number of amides is 1. The number of para-hydroxylation sites is 2. The summed E-state index contributed by atoms with van der Waals surface area (Å²) >= 11 is 0. The summed E-state index contributed by atoms with van der Waals surface area (Å²) in [6, 6.07) is 8.39. The van der Waals surface area contributed by atoms with Gasteiger partial charge in [0, 0.05) is 52.2 Å². The molecule has 2 fully saturated rings. The third-order valence-electron chi connectivity index (χ3n) is 7.81. The van der Waals surface area contributed by atoms with Gasteiger partial charge in [0.25, 0.3) is 0 Å². The number of imidazole rings is 2. The van der Waals surface area contributed by atoms with Crippen LogP contribution in [0.1, 0.15) is 25.5 Å². The Bertz CT molecular complexity index is 1510. The topological polar surface area (TPSA) is 123 Å². The highest BCUT2D eigenvalue weighted by molar-refractivity contribution is 5.86. The van der Waals surface area contributed by atoms with E-state index in [4.69, 9.17) is 30.4 Å². The Morgan fingerprint density at radius 3 is 2.59 bits per heavy atom. The summed E-state index contributed by atoms with van der Waals surface area (Å²) in [6.07, 6.45) is 0.763. The molecule has 2 aliphatic rings. The van der Waals surface area contributed by atoms with Crippen molar-refractivity contribution in [1.29, 1.82) is 0 Å². The number of fused-ring (bicyclic) bond motifs is 2. The molecule has 12 nitrogen and oxygen atoms in total. The summed E-state index contributed by atoms with van der Waals surface area (Å²) in [5.74, 6) is 3.02. The Kier molecular flexibility index (Phi) is 6.92. The summed E-state index contributed by atoms with van der Waals surface area (Å²) in [7, 11) is 2.03. The quantitative estimate of drug-likeness (QED) is 0.373. The largest absolute Gasteiger partial charge is 0.378 e. The number of carbonyl (C=O) groups is 1. The van der Waals surface area contributed by atoms with Crippen molar-refractivity contribution >= 4 is 33.9 Å². The Labute approximate surface area is 227 Å². The molecule has 1 unspecified atom stereocenters. The zero-order chi connectivity index (χ0) is 27.1. The van der Waals surface area contributed by atoms with Crippen molar-refractivity contribution in [3.63, 3.8) is 0 Å². The lowest BCUT2D eigenvalue weighted by molar-refractivity contribution is -0.119. The van der Waals surface area contributed by atoms with Gasteiger partial charge in [0.1, 0.15) is 11.6 Å². The fourth-order valence-corrected chi connectivity index (χ4v) is 5.70. The van der Waals surface area contributed by atoms with E-state index >= 15 is 0 Å². The first-order valence-electron chi connectivity index (χ1n) is 13.7. The normalized spacial score (nSPS) is 19.4. The van der Waals surface area contributed by atoms with Crippen LogP contribution in [0.25, 0.3) is 28.1 Å². The van der Waals surface area contributed by atoms with Crippen LogP contribution in [-0.4, -0.2) is 103 Å². The molecule has 6 rings (SSSR count). The highest BCUT2D eigenvalue weighted by Gasteiger charge is 2.28. The molecule has 4 aromatic rings. The van der Waals surface area contributed by atoms with E-state index in [9.17, 15) is 4.79 Å². The van der Waals surface area contributed by atoms with E-state index in [-0.39, 0.29) is 11.9 Å². The number of rotatable bonds is 7. The minimum absolute atomic E-state index is 0.266. The Hall–Kier alpha value is -3.61. The minimum atomic E-state index is -0.284. The van der Waals surface area contributed by atoms with Gasteiger partial charge in [-0.3, -0.25) is 19.2 Å². The van der Waals surface area contributed by atoms with Crippen LogP contribution in [0.15, 0.2) is 24.3 Å². The van der Waals surface area contributed by atoms with E-state index in [2.05, 4.69) is 43.7 Å². The standard InChI is InChI=1S/C27H36N10O2/c1-4-22-29-19-7-5-6-8-20(19)37(22)27-31-25-24(26(32-27)35-11-13-39-14-12-35)30-23(33(25)3)17-36-10-9-34(15-18(36)2)16-21(28)38/h5-8,18H,4,9-17H2,1-3H3,(H2,28,38). The summed E-state index contributed by atoms with van der Waals surface area (Å²) in [5, 5.41) is 0. The third-order valence-corrected chi connectivity index (χ3v) is 7.81. The average molecular weight is 533 g/mol. The maximum absolute atomic E-state index is 11.4. The predicted molar refractivity (Wildman–Crippen MR) is 149 cm³/mol. The molecule has 5 heterocycles. The van der Waals surface area contributed by atoms with Gasteiger partial charge in [0.15, 0.2) is 17.0 Å². The molecular weight excluding hydrogens is 496 g/mol. The predicted octanol–water partition coefficient (Wildman–Crippen LogP) is 1.09. The molecule has 1 amide bonds. The molecule has 1 aromatic carbocycles. The number of carbonyl (C=O) groups excluding carboxylic acids is 1. The van der Waals surface area contributed by atoms with E-state index in [1.165, 1.54) is 0 Å². The summed E-state index contributed by atoms with van der Waals surface area (Å²) in [4.78, 5) is 38.4. The molecule has 12 heteroatoms. The van der Waals surface area contributed by atoms with Gasteiger partial charge in [-0.05, 0) is 19.1 Å². The van der Waals surface area contributed by atoms with Crippen LogP contribution in [0.2, 0.25) is 0 Å². The first-order chi connectivity index (χ1) is 18.9. The molecule has 0 radical (unpaired) electrons. The highest BCUT2D eigenvalue weighted by atomic mass is 16.5. The van der Waals surface area contributed by atoms with E-state index in [1.54, 1.807) is 0 Å². The zero-order valence-electron chi connectivity index (χ0n) is 22.9. The molecule has 39 heavy (non-hydrogen) atoms. The van der Waals surface area contributed by atoms with Gasteiger partial charge in [-0.1, -0.05) is 19.1 Å². The van der Waals surface area contributed by atoms with Gasteiger partial charge < -0.3 is 19.9 Å². The van der Waals surface area contributed by atoms with Gasteiger partial charge >= 0.3 is 0 Å². The van der Waals surface area contributed by atoms with Crippen LogP contribution in [0, 0.1) is 0 Å². The van der Waals surface area contributed by atoms with Crippen LogP contribution < -0.4 is 10.6 Å². The number of aromatic nitrogens is 6. The Morgan fingerprint density at radius 1 is 1.05 bits per heavy atom. The van der Waals surface area contributed by atoms with Crippen molar-refractivity contribution in [1.82, 2.24) is 38.9 Å². The Balaban J connectivity index is 1.42. The highest BCUT2D eigenvalue weighted by Crippen LogP contribution is 2.29. The van der Waals surface area contributed by atoms with Crippen molar-refractivity contribution in [2.75, 3.05) is 57.4 Å². The second-order valence-corrected chi connectivity index (χ2v) is 10.4. The number of hydrogen-bond donors (Lipinski definition) is 1. The van der Waals surface area contributed by atoms with Crippen molar-refractivity contribution < 1.29 is 9.53 Å². The first kappa shape index (κ1) is 25.7. The summed E-state index contributed by atoms with van der Waals surface area (Å²) in [6.45, 7) is 10.5. The van der Waals surface area contributed by atoms with Crippen LogP contribution >= 0.6 is 0 Å². The van der Waals surface area contributed by atoms with Crippen molar-refractivity contribution in [2.24, 2.45) is 12.8 Å². The molecular formula is C27H36N10O2. The molecule has 0 saturated carbocycles. The molecule has 3 aromatic heterocycles. The van der Waals surface area contributed by atoms with Crippen LogP contribution in [-0.2, 0) is 29.5 Å². The smallest absolute Gasteiger partial charge is 0.239 e. The number of nitrogens with zero attached hydrogens (tertiary/aromatic N) is 9. The van der Waals surface area contributed by atoms with E-state index in [1.807, 2.05) is 25.2 Å². The lowest BCUT2D eigenvalue weighted by Gasteiger charge is -2.39. The number of anilines is 1. The first-order valence-corrected chi connectivity index (χ1v) is 13.7. The molecule has 0 aliphatic carbocycles. The van der Waals surface area contributed by atoms with Gasteiger partial charge in [-0.25, -0.2) is 9.97 Å². The van der Waals surface area contributed by atoms with Crippen LogP contribution in [0.5, 0.6) is 0 Å². The summed E-state index contributed by atoms with van der Waals surface area (Å²) < 4.78 is 9.81. The summed E-state index contributed by atoms with van der Waals surface area (Å²) in [5.41, 5.74) is 8.96. The number of aryl methyl sites for hydroxylation is 2. The fraction of sp³-hybridized carbons (Fsp3) is 0.519. The van der Waals surface area contributed by atoms with Crippen LogP contribution in [0.3, 0.4) is 0 Å². The van der Waals surface area contributed by atoms with E-state index in [0.29, 0.717) is 32.3 Å². The lowest BCUT2D eigenvalue weighted by Crippen LogP contribution is -2.53. The molecule has 2 N–H and O–H groups in total. The second-order valence-electron chi connectivity index (χ2n) is 10.4. The third kappa shape index (κ3) is 4.83. The number of hydrogen-bond acceptors (Lipinski definition) is 9. The van der Waals surface area contributed by atoms with Gasteiger partial charge in [-0.15, -0.1) is 0 Å². The van der Waals surface area contributed by atoms with Gasteiger partial charge in [0.2, 0.25) is 11.9 Å². The maximum atomic E-state index is 11.4. The number of primary amides is 1. The van der Waals surface area contributed by atoms with E-state index < -0.39 is 0 Å². The molecule has 2 saturated heterocycles. The molecule has 1 atom stereocenters. The average Bonchev–Trinajstić information content (AvgIpc) is 3.47. The molecule has 0 bridgehead atoms. The number of nitrogens with two attached hydrogens (primary N) is 1.